The van der Waals surface area contributed by atoms with Gasteiger partial charge in [0, 0.05) is 30.8 Å². The summed E-state index contributed by atoms with van der Waals surface area (Å²) in [5, 5.41) is 2.72. The number of rotatable bonds is 5. The molecule has 3 aromatic rings. The number of nitrogens with zero attached hydrogens (tertiary/aromatic N) is 5. The number of hydrogen-bond acceptors (Lipinski definition) is 6. The molecule has 0 aliphatic carbocycles. The van der Waals surface area contributed by atoms with Gasteiger partial charge in [-0.05, 0) is 31.5 Å². The predicted molar refractivity (Wildman–Crippen MR) is 95.2 cm³/mol. The average molecular weight is 349 g/mol. The van der Waals surface area contributed by atoms with Crippen LogP contribution in [-0.4, -0.2) is 42.3 Å². The van der Waals surface area contributed by atoms with Gasteiger partial charge in [-0.15, -0.1) is 0 Å². The summed E-state index contributed by atoms with van der Waals surface area (Å²) in [6.45, 7) is 1.80. The summed E-state index contributed by atoms with van der Waals surface area (Å²) in [4.78, 5) is 34.6. The summed E-state index contributed by atoms with van der Waals surface area (Å²) in [7, 11) is 0. The fourth-order valence-corrected chi connectivity index (χ4v) is 3.25. The van der Waals surface area contributed by atoms with Crippen LogP contribution in [-0.2, 0) is 6.54 Å². The summed E-state index contributed by atoms with van der Waals surface area (Å²) in [5.41, 5.74) is 2.36. The zero-order valence-electron chi connectivity index (χ0n) is 14.2. The van der Waals surface area contributed by atoms with Gasteiger partial charge < -0.3 is 10.3 Å². The molecule has 4 rings (SSSR count). The van der Waals surface area contributed by atoms with E-state index < -0.39 is 0 Å². The molecule has 1 saturated heterocycles. The molecule has 0 aromatic carbocycles. The van der Waals surface area contributed by atoms with Crippen LogP contribution in [0.4, 0.5) is 5.82 Å². The molecule has 0 saturated carbocycles. The average Bonchev–Trinajstić information content (AvgIpc) is 3.35. The molecule has 1 amide bonds. The van der Waals surface area contributed by atoms with Crippen LogP contribution in [0.15, 0.2) is 49.3 Å². The number of imidazole rings is 1. The highest BCUT2D eigenvalue weighted by molar-refractivity contribution is 6.02. The normalized spacial score (nSPS) is 17.3. The number of H-pyrrole nitrogens is 1. The highest BCUT2D eigenvalue weighted by atomic mass is 16.1. The molecular weight excluding hydrogens is 330 g/mol. The minimum absolute atomic E-state index is 0.197. The van der Waals surface area contributed by atoms with Crippen LogP contribution in [0.3, 0.4) is 0 Å². The number of likely N-dealkylation sites (tertiary alicyclic amines) is 1. The fourth-order valence-electron chi connectivity index (χ4n) is 3.25. The minimum Gasteiger partial charge on any atom is -0.347 e. The van der Waals surface area contributed by atoms with Crippen LogP contribution in [0.25, 0.3) is 0 Å². The maximum atomic E-state index is 12.5. The first kappa shape index (κ1) is 16.3. The molecule has 0 radical (unpaired) electrons. The molecule has 26 heavy (non-hydrogen) atoms. The number of amides is 1. The largest absolute Gasteiger partial charge is 0.347 e. The van der Waals surface area contributed by atoms with Gasteiger partial charge in [0.2, 0.25) is 0 Å². The SMILES string of the molecule is O=C(Nc1cnccn1)c1cccc([C@@H]2CCCN2Cc2cnc[nH]2)n1. The molecule has 1 aliphatic rings. The van der Waals surface area contributed by atoms with E-state index in [-0.39, 0.29) is 11.9 Å². The maximum Gasteiger partial charge on any atom is 0.275 e. The molecule has 132 valence electrons. The number of carbonyl (C=O) groups excluding carboxylic acids is 1. The van der Waals surface area contributed by atoms with Gasteiger partial charge in [-0.25, -0.2) is 15.0 Å². The van der Waals surface area contributed by atoms with E-state index in [1.54, 1.807) is 18.6 Å². The van der Waals surface area contributed by atoms with Crippen molar-refractivity contribution >= 4 is 11.7 Å². The van der Waals surface area contributed by atoms with Crippen molar-refractivity contribution in [3.05, 3.63) is 66.4 Å². The van der Waals surface area contributed by atoms with Crippen molar-refractivity contribution in [1.29, 1.82) is 0 Å². The van der Waals surface area contributed by atoms with Gasteiger partial charge in [-0.1, -0.05) is 6.07 Å². The van der Waals surface area contributed by atoms with Crippen LogP contribution in [0, 0.1) is 0 Å². The van der Waals surface area contributed by atoms with Gasteiger partial charge in [-0.3, -0.25) is 14.7 Å². The van der Waals surface area contributed by atoms with E-state index in [1.165, 1.54) is 12.4 Å². The molecule has 0 unspecified atom stereocenters. The van der Waals surface area contributed by atoms with E-state index in [4.69, 9.17) is 0 Å². The van der Waals surface area contributed by atoms with E-state index in [0.717, 1.165) is 37.3 Å². The van der Waals surface area contributed by atoms with E-state index in [2.05, 4.69) is 35.1 Å². The molecule has 0 spiro atoms. The van der Waals surface area contributed by atoms with Crippen LogP contribution in [0.5, 0.6) is 0 Å². The van der Waals surface area contributed by atoms with E-state index >= 15 is 0 Å². The third kappa shape index (κ3) is 3.60. The first-order chi connectivity index (χ1) is 12.8. The molecule has 2 N–H and O–H groups in total. The number of anilines is 1. The highest BCUT2D eigenvalue weighted by Gasteiger charge is 2.27. The standard InChI is InChI=1S/C18H19N7O/c26-18(24-17-10-19-6-7-21-17)15-4-1-3-14(23-15)16-5-2-8-25(16)11-13-9-20-12-22-13/h1,3-4,6-7,9-10,12,16H,2,5,8,11H2,(H,20,22)(H,21,24,26)/t16-/m0/s1. The lowest BCUT2D eigenvalue weighted by molar-refractivity contribution is 0.102. The zero-order chi connectivity index (χ0) is 17.8. The second kappa shape index (κ2) is 7.40. The fraction of sp³-hybridized carbons (Fsp3) is 0.278. The Hall–Kier alpha value is -3.13. The maximum absolute atomic E-state index is 12.5. The first-order valence-electron chi connectivity index (χ1n) is 8.55. The Balaban J connectivity index is 1.50. The van der Waals surface area contributed by atoms with Crippen LogP contribution in [0.2, 0.25) is 0 Å². The Morgan fingerprint density at radius 2 is 2.23 bits per heavy atom. The molecule has 1 atom stereocenters. The lowest BCUT2D eigenvalue weighted by Gasteiger charge is -2.23. The van der Waals surface area contributed by atoms with Crippen LogP contribution >= 0.6 is 0 Å². The lowest BCUT2D eigenvalue weighted by atomic mass is 10.1. The van der Waals surface area contributed by atoms with Crippen molar-refractivity contribution in [2.45, 2.75) is 25.4 Å². The van der Waals surface area contributed by atoms with Crippen molar-refractivity contribution < 1.29 is 4.79 Å². The van der Waals surface area contributed by atoms with Crippen molar-refractivity contribution in [1.82, 2.24) is 29.8 Å². The monoisotopic (exact) mass is 349 g/mol. The summed E-state index contributed by atoms with van der Waals surface area (Å²) >= 11 is 0. The Kier molecular flexibility index (Phi) is 4.65. The number of pyridine rings is 1. The Morgan fingerprint density at radius 3 is 3.04 bits per heavy atom. The van der Waals surface area contributed by atoms with E-state index in [9.17, 15) is 4.79 Å². The van der Waals surface area contributed by atoms with Gasteiger partial charge in [-0.2, -0.15) is 0 Å². The second-order valence-corrected chi connectivity index (χ2v) is 6.20. The van der Waals surface area contributed by atoms with Crippen LogP contribution in [0.1, 0.15) is 40.8 Å². The molecule has 8 heteroatoms. The van der Waals surface area contributed by atoms with Gasteiger partial charge in [0.15, 0.2) is 5.82 Å². The Labute approximate surface area is 150 Å². The molecular formula is C18H19N7O. The Bertz CT molecular complexity index is 866. The number of aromatic amines is 1. The molecule has 8 nitrogen and oxygen atoms in total. The topological polar surface area (TPSA) is 99.7 Å². The van der Waals surface area contributed by atoms with Crippen LogP contribution < -0.4 is 5.32 Å². The number of nitrogens with one attached hydrogen (secondary N) is 2. The van der Waals surface area contributed by atoms with Gasteiger partial charge >= 0.3 is 0 Å². The quantitative estimate of drug-likeness (QED) is 0.732. The predicted octanol–water partition coefficient (Wildman–Crippen LogP) is 2.18. The lowest BCUT2D eigenvalue weighted by Crippen LogP contribution is -2.24. The summed E-state index contributed by atoms with van der Waals surface area (Å²) in [6, 6.07) is 5.77. The molecule has 3 aromatic heterocycles. The molecule has 1 fully saturated rings. The van der Waals surface area contributed by atoms with Crippen molar-refractivity contribution in [3.8, 4) is 0 Å². The molecule has 1 aliphatic heterocycles. The summed E-state index contributed by atoms with van der Waals surface area (Å²) in [5.74, 6) is 0.122. The van der Waals surface area contributed by atoms with Crippen molar-refractivity contribution in [2.24, 2.45) is 0 Å². The minimum atomic E-state index is -0.287. The van der Waals surface area contributed by atoms with E-state index in [1.807, 2.05) is 18.3 Å². The number of carbonyl (C=O) groups is 1. The number of hydrogen-bond donors (Lipinski definition) is 2. The van der Waals surface area contributed by atoms with E-state index in [0.29, 0.717) is 11.5 Å². The van der Waals surface area contributed by atoms with Gasteiger partial charge in [0.25, 0.3) is 5.91 Å². The summed E-state index contributed by atoms with van der Waals surface area (Å²) in [6.07, 6.45) is 10.3. The summed E-state index contributed by atoms with van der Waals surface area (Å²) < 4.78 is 0. The Morgan fingerprint density at radius 1 is 1.27 bits per heavy atom. The first-order valence-corrected chi connectivity index (χ1v) is 8.55. The van der Waals surface area contributed by atoms with Gasteiger partial charge in [0.1, 0.15) is 5.69 Å². The van der Waals surface area contributed by atoms with Gasteiger partial charge in [0.05, 0.1) is 24.3 Å². The third-order valence-electron chi connectivity index (χ3n) is 4.44. The third-order valence-corrected chi connectivity index (χ3v) is 4.44. The van der Waals surface area contributed by atoms with Crippen molar-refractivity contribution in [3.63, 3.8) is 0 Å². The smallest absolute Gasteiger partial charge is 0.275 e. The number of aromatic nitrogens is 5. The molecule has 0 bridgehead atoms. The zero-order valence-corrected chi connectivity index (χ0v) is 14.2. The molecule has 4 heterocycles. The second-order valence-electron chi connectivity index (χ2n) is 6.20. The van der Waals surface area contributed by atoms with Crippen molar-refractivity contribution in [2.75, 3.05) is 11.9 Å². The highest BCUT2D eigenvalue weighted by Crippen LogP contribution is 2.31.